The fourth-order valence-electron chi connectivity index (χ4n) is 1.70. The van der Waals surface area contributed by atoms with Crippen molar-refractivity contribution in [2.24, 2.45) is 11.8 Å². The largest absolute Gasteiger partial charge is 0.480 e. The number of hydrogen-bond acceptors (Lipinski definition) is 2. The van der Waals surface area contributed by atoms with Gasteiger partial charge in [-0.05, 0) is 24.7 Å². The van der Waals surface area contributed by atoms with Crippen LogP contribution in [0.25, 0.3) is 0 Å². The number of amides is 2. The molecule has 0 aromatic rings. The van der Waals surface area contributed by atoms with E-state index in [4.69, 9.17) is 5.11 Å². The monoisotopic (exact) mass is 242 g/mol. The second-order valence-corrected chi connectivity index (χ2v) is 5.15. The number of aliphatic carboxylic acids is 1. The van der Waals surface area contributed by atoms with Crippen molar-refractivity contribution in [3.63, 3.8) is 0 Å². The molecule has 0 bridgehead atoms. The van der Waals surface area contributed by atoms with Gasteiger partial charge in [-0.25, -0.2) is 9.59 Å². The Kier molecular flexibility index (Phi) is 5.25. The van der Waals surface area contributed by atoms with E-state index in [0.29, 0.717) is 13.0 Å². The van der Waals surface area contributed by atoms with Gasteiger partial charge in [0.1, 0.15) is 6.04 Å². The molecule has 5 nitrogen and oxygen atoms in total. The van der Waals surface area contributed by atoms with Gasteiger partial charge in [-0.3, -0.25) is 0 Å². The third-order valence-corrected chi connectivity index (χ3v) is 2.85. The van der Waals surface area contributed by atoms with Crippen LogP contribution < -0.4 is 10.6 Å². The molecule has 0 heterocycles. The minimum Gasteiger partial charge on any atom is -0.480 e. The summed E-state index contributed by atoms with van der Waals surface area (Å²) in [6, 6.07) is -1.17. The first kappa shape index (κ1) is 13.8. The lowest BCUT2D eigenvalue weighted by Gasteiger charge is -2.16. The lowest BCUT2D eigenvalue weighted by molar-refractivity contribution is -0.139. The first-order valence-electron chi connectivity index (χ1n) is 6.26. The molecule has 98 valence electrons. The van der Waals surface area contributed by atoms with Gasteiger partial charge in [0.05, 0.1) is 0 Å². The topological polar surface area (TPSA) is 78.4 Å². The van der Waals surface area contributed by atoms with Gasteiger partial charge in [0.2, 0.25) is 0 Å². The van der Waals surface area contributed by atoms with E-state index < -0.39 is 12.0 Å². The molecule has 3 N–H and O–H groups in total. The summed E-state index contributed by atoms with van der Waals surface area (Å²) in [6.45, 7) is 4.50. The van der Waals surface area contributed by atoms with Crippen molar-refractivity contribution < 1.29 is 14.7 Å². The van der Waals surface area contributed by atoms with Crippen molar-refractivity contribution in [3.8, 4) is 0 Å². The minimum absolute atomic E-state index is 0.239. The molecule has 0 saturated heterocycles. The summed E-state index contributed by atoms with van der Waals surface area (Å²) in [5.74, 6) is 0.0279. The van der Waals surface area contributed by atoms with E-state index in [2.05, 4.69) is 10.6 Å². The number of carboxylic acids is 1. The Hall–Kier alpha value is -1.26. The molecule has 0 spiro atoms. The number of hydrogen-bond donors (Lipinski definition) is 3. The van der Waals surface area contributed by atoms with Crippen LogP contribution >= 0.6 is 0 Å². The van der Waals surface area contributed by atoms with Crippen LogP contribution in [0.5, 0.6) is 0 Å². The first-order valence-corrected chi connectivity index (χ1v) is 6.26. The summed E-state index contributed by atoms with van der Waals surface area (Å²) in [4.78, 5) is 22.4. The average molecular weight is 242 g/mol. The minimum atomic E-state index is -0.976. The predicted octanol–water partition coefficient (Wildman–Crippen LogP) is 1.59. The van der Waals surface area contributed by atoms with Gasteiger partial charge in [-0.2, -0.15) is 0 Å². The van der Waals surface area contributed by atoms with Gasteiger partial charge < -0.3 is 15.7 Å². The van der Waals surface area contributed by atoms with Crippen molar-refractivity contribution in [3.05, 3.63) is 0 Å². The van der Waals surface area contributed by atoms with Crippen LogP contribution in [0.1, 0.15) is 39.5 Å². The Balaban J connectivity index is 2.21. The number of urea groups is 1. The zero-order valence-electron chi connectivity index (χ0n) is 10.5. The van der Waals surface area contributed by atoms with E-state index >= 15 is 0 Å². The van der Waals surface area contributed by atoms with E-state index in [-0.39, 0.29) is 11.9 Å². The summed E-state index contributed by atoms with van der Waals surface area (Å²) in [7, 11) is 0. The maximum absolute atomic E-state index is 11.5. The fraction of sp³-hybridized carbons (Fsp3) is 0.833. The molecule has 1 saturated carbocycles. The number of carbonyl (C=O) groups is 2. The van der Waals surface area contributed by atoms with Gasteiger partial charge in [0.15, 0.2) is 0 Å². The van der Waals surface area contributed by atoms with Crippen LogP contribution in [-0.2, 0) is 4.79 Å². The average Bonchev–Trinajstić information content (AvgIpc) is 2.99. The van der Waals surface area contributed by atoms with E-state index in [9.17, 15) is 9.59 Å². The normalized spacial score (nSPS) is 16.6. The second kappa shape index (κ2) is 6.47. The fourth-order valence-corrected chi connectivity index (χ4v) is 1.70. The van der Waals surface area contributed by atoms with Gasteiger partial charge in [0.25, 0.3) is 0 Å². The first-order chi connectivity index (χ1) is 7.99. The van der Waals surface area contributed by atoms with E-state index in [1.807, 2.05) is 13.8 Å². The van der Waals surface area contributed by atoms with Crippen LogP contribution in [0, 0.1) is 11.8 Å². The number of carbonyl (C=O) groups excluding carboxylic acids is 1. The SMILES string of the molecule is CC(C)CC(NC(=O)NCCC1CC1)C(=O)O. The van der Waals surface area contributed by atoms with Crippen LogP contribution in [0.3, 0.4) is 0 Å². The highest BCUT2D eigenvalue weighted by Crippen LogP contribution is 2.31. The van der Waals surface area contributed by atoms with Crippen molar-refractivity contribution in [2.45, 2.75) is 45.6 Å². The Morgan fingerprint density at radius 3 is 2.47 bits per heavy atom. The van der Waals surface area contributed by atoms with Gasteiger partial charge >= 0.3 is 12.0 Å². The molecule has 0 aromatic heterocycles. The molecule has 1 atom stereocenters. The molecule has 2 amide bonds. The molecule has 0 aromatic carbocycles. The molecule has 1 fully saturated rings. The highest BCUT2D eigenvalue weighted by atomic mass is 16.4. The second-order valence-electron chi connectivity index (χ2n) is 5.15. The summed E-state index contributed by atoms with van der Waals surface area (Å²) < 4.78 is 0. The van der Waals surface area contributed by atoms with Gasteiger partial charge in [-0.1, -0.05) is 26.7 Å². The van der Waals surface area contributed by atoms with Crippen molar-refractivity contribution in [2.75, 3.05) is 6.54 Å². The zero-order valence-corrected chi connectivity index (χ0v) is 10.5. The smallest absolute Gasteiger partial charge is 0.326 e. The highest BCUT2D eigenvalue weighted by Gasteiger charge is 2.22. The summed E-state index contributed by atoms with van der Waals surface area (Å²) in [6.07, 6.45) is 3.96. The summed E-state index contributed by atoms with van der Waals surface area (Å²) >= 11 is 0. The molecule has 1 rings (SSSR count). The van der Waals surface area contributed by atoms with Crippen molar-refractivity contribution in [1.82, 2.24) is 10.6 Å². The maximum atomic E-state index is 11.5. The van der Waals surface area contributed by atoms with Crippen LogP contribution in [0.4, 0.5) is 4.79 Å². The molecule has 0 aliphatic heterocycles. The lowest BCUT2D eigenvalue weighted by Crippen LogP contribution is -2.46. The van der Waals surface area contributed by atoms with E-state index in [1.54, 1.807) is 0 Å². The van der Waals surface area contributed by atoms with Crippen molar-refractivity contribution in [1.29, 1.82) is 0 Å². The summed E-state index contributed by atoms with van der Waals surface area (Å²) in [5.41, 5.74) is 0. The quantitative estimate of drug-likeness (QED) is 0.634. The molecule has 5 heteroatoms. The molecule has 1 aliphatic carbocycles. The Morgan fingerprint density at radius 2 is 2.00 bits per heavy atom. The Morgan fingerprint density at radius 1 is 1.35 bits per heavy atom. The Bertz CT molecular complexity index is 275. The number of carboxylic acid groups (broad SMARTS) is 1. The van der Waals surface area contributed by atoms with E-state index in [0.717, 1.165) is 12.3 Å². The van der Waals surface area contributed by atoms with Crippen LogP contribution in [0.2, 0.25) is 0 Å². The molecular weight excluding hydrogens is 220 g/mol. The molecule has 1 unspecified atom stereocenters. The Labute approximate surface area is 102 Å². The number of nitrogens with one attached hydrogen (secondary N) is 2. The highest BCUT2D eigenvalue weighted by molar-refractivity contribution is 5.82. The third-order valence-electron chi connectivity index (χ3n) is 2.85. The van der Waals surface area contributed by atoms with Crippen molar-refractivity contribution >= 4 is 12.0 Å². The molecular formula is C12H22N2O3. The van der Waals surface area contributed by atoms with Gasteiger partial charge in [-0.15, -0.1) is 0 Å². The molecule has 1 aliphatic rings. The maximum Gasteiger partial charge on any atom is 0.326 e. The van der Waals surface area contributed by atoms with Crippen LogP contribution in [-0.4, -0.2) is 29.7 Å². The lowest BCUT2D eigenvalue weighted by atomic mass is 10.0. The van der Waals surface area contributed by atoms with E-state index in [1.165, 1.54) is 12.8 Å². The standard InChI is InChI=1S/C12H22N2O3/c1-8(2)7-10(11(15)16)14-12(17)13-6-5-9-3-4-9/h8-10H,3-7H2,1-2H3,(H,15,16)(H2,13,14,17). The van der Waals surface area contributed by atoms with Crippen LogP contribution in [0.15, 0.2) is 0 Å². The predicted molar refractivity (Wildman–Crippen MR) is 64.8 cm³/mol. The third kappa shape index (κ3) is 6.14. The molecule has 0 radical (unpaired) electrons. The molecule has 17 heavy (non-hydrogen) atoms. The number of rotatable bonds is 7. The summed E-state index contributed by atoms with van der Waals surface area (Å²) in [5, 5.41) is 14.1. The zero-order chi connectivity index (χ0) is 12.8. The van der Waals surface area contributed by atoms with Gasteiger partial charge in [0, 0.05) is 6.54 Å².